The minimum atomic E-state index is -1.48. The fourth-order valence-electron chi connectivity index (χ4n) is 2.83. The zero-order valence-corrected chi connectivity index (χ0v) is 15.1. The molecule has 0 aliphatic rings. The number of hydrogen-bond donors (Lipinski definition) is 2. The maximum absolute atomic E-state index is 11.9. The van der Waals surface area contributed by atoms with Crippen LogP contribution in [0.25, 0.3) is 0 Å². The number of hydrogen-bond acceptors (Lipinski definition) is 2. The van der Waals surface area contributed by atoms with Gasteiger partial charge in [-0.2, -0.15) is 0 Å². The first-order valence-corrected chi connectivity index (χ1v) is 11.2. The molecule has 0 saturated heterocycles. The maximum atomic E-state index is 11.9. The van der Waals surface area contributed by atoms with Crippen molar-refractivity contribution in [2.45, 2.75) is 38.1 Å². The first-order chi connectivity index (χ1) is 10.6. The van der Waals surface area contributed by atoms with Gasteiger partial charge in [0.1, 0.15) is 11.5 Å². The van der Waals surface area contributed by atoms with Crippen LogP contribution >= 0.6 is 0 Å². The quantitative estimate of drug-likeness (QED) is 0.828. The van der Waals surface area contributed by atoms with E-state index in [-0.39, 0.29) is 0 Å². The van der Waals surface area contributed by atoms with Gasteiger partial charge < -0.3 is 10.2 Å². The zero-order chi connectivity index (χ0) is 17.3. The van der Waals surface area contributed by atoms with Crippen molar-refractivity contribution in [3.05, 3.63) is 65.7 Å². The average molecular weight is 328 g/mol. The second-order valence-electron chi connectivity index (χ2n) is 7.16. The molecule has 0 unspecified atom stereocenters. The van der Waals surface area contributed by atoms with Gasteiger partial charge in [-0.15, -0.1) is 0 Å². The fraction of sp³-hybridized carbons (Fsp3) is 0.316. The first kappa shape index (κ1) is 17.4. The zero-order valence-electron chi connectivity index (χ0n) is 14.1. The van der Waals surface area contributed by atoms with E-state index >= 15 is 0 Å². The van der Waals surface area contributed by atoms with E-state index in [0.717, 1.165) is 0 Å². The molecule has 0 aromatic heterocycles. The summed E-state index contributed by atoms with van der Waals surface area (Å²) in [6.45, 7) is 8.30. The molecule has 0 fully saturated rings. The summed E-state index contributed by atoms with van der Waals surface area (Å²) in [5.41, 5.74) is -0.261. The van der Waals surface area contributed by atoms with Crippen molar-refractivity contribution in [1.82, 2.24) is 0 Å². The summed E-state index contributed by atoms with van der Waals surface area (Å²) in [5, 5.41) is 21.9. The lowest BCUT2D eigenvalue weighted by molar-refractivity contribution is -0.145. The van der Waals surface area contributed by atoms with Crippen LogP contribution in [0.4, 0.5) is 0 Å². The molecular formula is C19H24O3Si. The largest absolute Gasteiger partial charge is 0.481 e. The number of carboxylic acid groups (broad SMARTS) is 1. The van der Waals surface area contributed by atoms with E-state index in [9.17, 15) is 15.0 Å². The lowest BCUT2D eigenvalue weighted by Gasteiger charge is -2.31. The number of aliphatic hydroxyl groups is 1. The minimum absolute atomic E-state index is 0.599. The molecule has 0 saturated carbocycles. The number of rotatable bonds is 5. The number of aliphatic carboxylic acids is 1. The van der Waals surface area contributed by atoms with Crippen LogP contribution in [0.1, 0.15) is 24.0 Å². The molecule has 2 aromatic rings. The summed E-state index contributed by atoms with van der Waals surface area (Å²) < 4.78 is 0. The van der Waals surface area contributed by atoms with Gasteiger partial charge in [0.15, 0.2) is 0 Å². The van der Waals surface area contributed by atoms with Gasteiger partial charge in [0, 0.05) is 0 Å². The Morgan fingerprint density at radius 2 is 1.52 bits per heavy atom. The lowest BCUT2D eigenvalue weighted by Crippen LogP contribution is -2.38. The van der Waals surface area contributed by atoms with Crippen molar-refractivity contribution in [1.29, 1.82) is 0 Å². The summed E-state index contributed by atoms with van der Waals surface area (Å²) in [5.74, 6) is -2.04. The van der Waals surface area contributed by atoms with E-state index in [1.807, 2.05) is 30.3 Å². The third kappa shape index (κ3) is 3.71. The van der Waals surface area contributed by atoms with E-state index in [2.05, 4.69) is 19.6 Å². The molecule has 2 atom stereocenters. The van der Waals surface area contributed by atoms with Gasteiger partial charge in [-0.1, -0.05) is 79.4 Å². The van der Waals surface area contributed by atoms with Crippen LogP contribution in [0.15, 0.2) is 54.6 Å². The number of benzene rings is 2. The van der Waals surface area contributed by atoms with Crippen LogP contribution in [-0.4, -0.2) is 24.3 Å². The second-order valence-corrected chi connectivity index (χ2v) is 12.2. The standard InChI is InChI=1S/C19H24O3Si/c1-19(22,15-8-6-5-7-9-15)17(18(20)21)14-10-12-16(13-11-14)23(2,3)4/h5-13,17,22H,1-4H3,(H,20,21)/t17-,19+/m1/s1. The number of carboxylic acids is 1. The highest BCUT2D eigenvalue weighted by molar-refractivity contribution is 6.88. The Kier molecular flexibility index (Phi) is 4.78. The second kappa shape index (κ2) is 6.30. The monoisotopic (exact) mass is 328 g/mol. The first-order valence-electron chi connectivity index (χ1n) is 7.75. The molecule has 0 radical (unpaired) electrons. The Morgan fingerprint density at radius 3 is 1.96 bits per heavy atom. The summed E-state index contributed by atoms with van der Waals surface area (Å²) >= 11 is 0. The Bertz CT molecular complexity index is 670. The molecule has 4 heteroatoms. The predicted molar refractivity (Wildman–Crippen MR) is 95.8 cm³/mol. The van der Waals surface area contributed by atoms with Gasteiger partial charge in [-0.05, 0) is 18.1 Å². The average Bonchev–Trinajstić information content (AvgIpc) is 2.47. The number of carbonyl (C=O) groups is 1. The van der Waals surface area contributed by atoms with Gasteiger partial charge in [0.05, 0.1) is 8.07 Å². The Morgan fingerprint density at radius 1 is 1.00 bits per heavy atom. The van der Waals surface area contributed by atoms with Crippen LogP contribution in [-0.2, 0) is 10.4 Å². The molecule has 0 aliphatic carbocycles. The smallest absolute Gasteiger partial charge is 0.314 e. The molecular weight excluding hydrogens is 304 g/mol. The lowest BCUT2D eigenvalue weighted by atomic mass is 9.78. The molecule has 23 heavy (non-hydrogen) atoms. The highest BCUT2D eigenvalue weighted by Crippen LogP contribution is 2.36. The molecule has 122 valence electrons. The third-order valence-electron chi connectivity index (χ3n) is 4.28. The van der Waals surface area contributed by atoms with Gasteiger partial charge >= 0.3 is 5.97 Å². The molecule has 0 spiro atoms. The fourth-order valence-corrected chi connectivity index (χ4v) is 3.99. The summed E-state index contributed by atoms with van der Waals surface area (Å²) in [6, 6.07) is 16.6. The van der Waals surface area contributed by atoms with Gasteiger partial charge in [-0.3, -0.25) is 4.79 Å². The van der Waals surface area contributed by atoms with E-state index in [1.54, 1.807) is 31.2 Å². The van der Waals surface area contributed by atoms with Gasteiger partial charge in [0.25, 0.3) is 0 Å². The molecule has 2 rings (SSSR count). The van der Waals surface area contributed by atoms with Crippen LogP contribution in [0.5, 0.6) is 0 Å². The van der Waals surface area contributed by atoms with Crippen molar-refractivity contribution in [3.63, 3.8) is 0 Å². The summed E-state index contributed by atoms with van der Waals surface area (Å²) in [4.78, 5) is 11.9. The predicted octanol–water partition coefficient (Wildman–Crippen LogP) is 3.31. The van der Waals surface area contributed by atoms with E-state index in [4.69, 9.17) is 0 Å². The third-order valence-corrected chi connectivity index (χ3v) is 6.34. The van der Waals surface area contributed by atoms with E-state index in [1.165, 1.54) is 5.19 Å². The topological polar surface area (TPSA) is 57.5 Å². The van der Waals surface area contributed by atoms with Gasteiger partial charge in [0.2, 0.25) is 0 Å². The maximum Gasteiger partial charge on any atom is 0.314 e. The van der Waals surface area contributed by atoms with Crippen LogP contribution in [0, 0.1) is 0 Å². The van der Waals surface area contributed by atoms with Crippen LogP contribution in [0.3, 0.4) is 0 Å². The van der Waals surface area contributed by atoms with Crippen LogP contribution < -0.4 is 5.19 Å². The summed E-state index contributed by atoms with van der Waals surface area (Å²) in [7, 11) is -1.44. The van der Waals surface area contributed by atoms with Gasteiger partial charge in [-0.25, -0.2) is 0 Å². The SMILES string of the molecule is C[C@](O)(c1ccccc1)[C@@H](C(=O)O)c1ccc([Si](C)(C)C)cc1. The van der Waals surface area contributed by atoms with Crippen molar-refractivity contribution in [3.8, 4) is 0 Å². The molecule has 2 aromatic carbocycles. The molecule has 3 nitrogen and oxygen atoms in total. The highest BCUT2D eigenvalue weighted by atomic mass is 28.3. The molecule has 0 aliphatic heterocycles. The molecule has 0 bridgehead atoms. The molecule has 0 amide bonds. The van der Waals surface area contributed by atoms with Crippen molar-refractivity contribution < 1.29 is 15.0 Å². The Hall–Kier alpha value is -1.91. The molecule has 2 N–H and O–H groups in total. The van der Waals surface area contributed by atoms with Crippen molar-refractivity contribution in [2.75, 3.05) is 0 Å². The Labute approximate surface area is 138 Å². The van der Waals surface area contributed by atoms with Crippen LogP contribution in [0.2, 0.25) is 19.6 Å². The van der Waals surface area contributed by atoms with E-state index in [0.29, 0.717) is 11.1 Å². The molecule has 0 heterocycles. The normalized spacial score (nSPS) is 15.7. The Balaban J connectivity index is 2.45. The van der Waals surface area contributed by atoms with E-state index < -0.39 is 25.6 Å². The summed E-state index contributed by atoms with van der Waals surface area (Å²) in [6.07, 6.45) is 0. The van der Waals surface area contributed by atoms with Crippen molar-refractivity contribution in [2.24, 2.45) is 0 Å². The highest BCUT2D eigenvalue weighted by Gasteiger charge is 2.40. The van der Waals surface area contributed by atoms with Crippen molar-refractivity contribution >= 4 is 19.2 Å². The minimum Gasteiger partial charge on any atom is -0.481 e.